The second-order valence-electron chi connectivity index (χ2n) is 5.70. The van der Waals surface area contributed by atoms with Gasteiger partial charge in [-0.05, 0) is 24.3 Å². The van der Waals surface area contributed by atoms with E-state index < -0.39 is 5.82 Å². The third-order valence-corrected chi connectivity index (χ3v) is 4.04. The van der Waals surface area contributed by atoms with E-state index in [-0.39, 0.29) is 5.78 Å². The van der Waals surface area contributed by atoms with Crippen molar-refractivity contribution in [2.75, 3.05) is 5.73 Å². The Morgan fingerprint density at radius 2 is 1.76 bits per heavy atom. The van der Waals surface area contributed by atoms with Crippen LogP contribution in [0.25, 0.3) is 16.9 Å². The number of benzene rings is 2. The normalized spacial score (nSPS) is 10.9. The number of carbonyl (C=O) groups is 1. The van der Waals surface area contributed by atoms with E-state index in [4.69, 9.17) is 5.73 Å². The van der Waals surface area contributed by atoms with E-state index in [2.05, 4.69) is 4.98 Å². The smallest absolute Gasteiger partial charge is 0.194 e. The number of pyridine rings is 1. The fourth-order valence-corrected chi connectivity index (χ4v) is 2.88. The van der Waals surface area contributed by atoms with Gasteiger partial charge >= 0.3 is 0 Å². The zero-order valence-electron chi connectivity index (χ0n) is 13.2. The van der Waals surface area contributed by atoms with Crippen molar-refractivity contribution in [3.63, 3.8) is 0 Å². The third-order valence-electron chi connectivity index (χ3n) is 4.04. The van der Waals surface area contributed by atoms with Crippen LogP contribution in [-0.4, -0.2) is 15.2 Å². The molecule has 4 rings (SSSR count). The molecule has 5 heteroatoms. The van der Waals surface area contributed by atoms with Crippen molar-refractivity contribution in [3.05, 3.63) is 89.9 Å². The second kappa shape index (κ2) is 5.87. The number of imidazole rings is 1. The maximum absolute atomic E-state index is 13.4. The summed E-state index contributed by atoms with van der Waals surface area (Å²) in [6, 6.07) is 18.7. The minimum Gasteiger partial charge on any atom is -0.382 e. The van der Waals surface area contributed by atoms with Crippen molar-refractivity contribution in [3.8, 4) is 11.3 Å². The highest BCUT2D eigenvalue weighted by molar-refractivity contribution is 6.09. The van der Waals surface area contributed by atoms with Gasteiger partial charge in [0.25, 0.3) is 0 Å². The summed E-state index contributed by atoms with van der Waals surface area (Å²) in [5, 5.41) is 0. The van der Waals surface area contributed by atoms with E-state index in [0.717, 1.165) is 11.3 Å². The lowest BCUT2D eigenvalue weighted by atomic mass is 10.0. The van der Waals surface area contributed by atoms with Gasteiger partial charge in [-0.1, -0.05) is 42.5 Å². The van der Waals surface area contributed by atoms with Crippen molar-refractivity contribution < 1.29 is 9.18 Å². The summed E-state index contributed by atoms with van der Waals surface area (Å²) >= 11 is 0. The van der Waals surface area contributed by atoms with Crippen molar-refractivity contribution in [2.24, 2.45) is 0 Å². The number of anilines is 1. The molecule has 0 fully saturated rings. The number of nitrogens with two attached hydrogens (primary N) is 1. The van der Waals surface area contributed by atoms with Crippen molar-refractivity contribution in [1.29, 1.82) is 0 Å². The molecule has 0 saturated heterocycles. The van der Waals surface area contributed by atoms with E-state index in [9.17, 15) is 9.18 Å². The van der Waals surface area contributed by atoms with Crippen LogP contribution in [0.5, 0.6) is 0 Å². The first-order valence-electron chi connectivity index (χ1n) is 7.77. The molecule has 0 atom stereocenters. The molecule has 2 aromatic carbocycles. The molecule has 2 aromatic heterocycles. The predicted molar refractivity (Wildman–Crippen MR) is 94.9 cm³/mol. The summed E-state index contributed by atoms with van der Waals surface area (Å²) < 4.78 is 15.2. The molecule has 0 unspecified atom stereocenters. The Morgan fingerprint density at radius 3 is 2.52 bits per heavy atom. The van der Waals surface area contributed by atoms with E-state index in [0.29, 0.717) is 22.6 Å². The Hall–Kier alpha value is -3.47. The average Bonchev–Trinajstić information content (AvgIpc) is 2.96. The van der Waals surface area contributed by atoms with Crippen LogP contribution in [0.2, 0.25) is 0 Å². The Bertz CT molecular complexity index is 1090. The van der Waals surface area contributed by atoms with Gasteiger partial charge in [-0.15, -0.1) is 0 Å². The zero-order chi connectivity index (χ0) is 17.4. The lowest BCUT2D eigenvalue weighted by molar-refractivity contribution is 0.103. The number of halogens is 1. The Labute approximate surface area is 143 Å². The average molecular weight is 331 g/mol. The molecule has 0 radical (unpaired) electrons. The highest BCUT2D eigenvalue weighted by Crippen LogP contribution is 2.27. The first-order valence-corrected chi connectivity index (χ1v) is 7.77. The summed E-state index contributed by atoms with van der Waals surface area (Å²) in [6.07, 6.45) is 1.69. The number of rotatable bonds is 3. The number of hydrogen-bond acceptors (Lipinski definition) is 3. The van der Waals surface area contributed by atoms with Crippen molar-refractivity contribution in [1.82, 2.24) is 9.38 Å². The number of nitrogen functional groups attached to an aromatic ring is 1. The molecular formula is C20H14FN3O. The highest BCUT2D eigenvalue weighted by Gasteiger charge is 2.15. The lowest BCUT2D eigenvalue weighted by Gasteiger charge is -2.06. The maximum Gasteiger partial charge on any atom is 0.194 e. The third kappa shape index (κ3) is 2.65. The highest BCUT2D eigenvalue weighted by atomic mass is 19.1. The van der Waals surface area contributed by atoms with E-state index >= 15 is 0 Å². The van der Waals surface area contributed by atoms with Gasteiger partial charge < -0.3 is 5.73 Å². The summed E-state index contributed by atoms with van der Waals surface area (Å²) in [7, 11) is 0. The van der Waals surface area contributed by atoms with Crippen LogP contribution in [0.4, 0.5) is 10.2 Å². The van der Waals surface area contributed by atoms with Gasteiger partial charge in [-0.3, -0.25) is 9.20 Å². The summed E-state index contributed by atoms with van der Waals surface area (Å²) in [4.78, 5) is 17.0. The number of ketones is 1. The number of carbonyl (C=O) groups excluding carboxylic acids is 1. The SMILES string of the molecule is Nc1nc2ccc(C(=O)c3cccc(F)c3)cn2c1-c1ccccc1. The lowest BCUT2D eigenvalue weighted by Crippen LogP contribution is -2.04. The van der Waals surface area contributed by atoms with Crippen LogP contribution in [-0.2, 0) is 0 Å². The van der Waals surface area contributed by atoms with Crippen molar-refractivity contribution >= 4 is 17.2 Å². The van der Waals surface area contributed by atoms with Gasteiger partial charge in [0.1, 0.15) is 11.5 Å². The molecule has 0 aliphatic carbocycles. The number of hydrogen-bond donors (Lipinski definition) is 1. The molecule has 0 aliphatic rings. The molecule has 0 saturated carbocycles. The molecule has 25 heavy (non-hydrogen) atoms. The fourth-order valence-electron chi connectivity index (χ4n) is 2.88. The topological polar surface area (TPSA) is 60.4 Å². The number of nitrogens with zero attached hydrogens (tertiary/aromatic N) is 2. The van der Waals surface area contributed by atoms with E-state index in [1.165, 1.54) is 18.2 Å². The van der Waals surface area contributed by atoms with E-state index in [1.54, 1.807) is 28.8 Å². The van der Waals surface area contributed by atoms with Crippen molar-refractivity contribution in [2.45, 2.75) is 0 Å². The molecule has 4 aromatic rings. The second-order valence-corrected chi connectivity index (χ2v) is 5.70. The minimum atomic E-state index is -0.441. The number of aromatic nitrogens is 2. The molecule has 122 valence electrons. The van der Waals surface area contributed by atoms with Crippen LogP contribution >= 0.6 is 0 Å². The van der Waals surface area contributed by atoms with Gasteiger partial charge in [0.2, 0.25) is 0 Å². The standard InChI is InChI=1S/C20H14FN3O/c21-16-8-4-7-14(11-16)19(25)15-9-10-17-23-20(22)18(24(17)12-15)13-5-2-1-3-6-13/h1-12H,22H2. The largest absolute Gasteiger partial charge is 0.382 e. The summed E-state index contributed by atoms with van der Waals surface area (Å²) in [6.45, 7) is 0. The van der Waals surface area contributed by atoms with Gasteiger partial charge in [-0.2, -0.15) is 0 Å². The first kappa shape index (κ1) is 15.1. The predicted octanol–water partition coefficient (Wildman–Crippen LogP) is 3.95. The van der Waals surface area contributed by atoms with Crippen LogP contribution in [0, 0.1) is 5.82 Å². The van der Waals surface area contributed by atoms with E-state index in [1.807, 2.05) is 30.3 Å². The molecule has 2 heterocycles. The Kier molecular flexibility index (Phi) is 3.54. The van der Waals surface area contributed by atoms with Crippen LogP contribution in [0.1, 0.15) is 15.9 Å². The van der Waals surface area contributed by atoms with Gasteiger partial charge in [0.05, 0.1) is 5.69 Å². The van der Waals surface area contributed by atoms with Gasteiger partial charge in [0.15, 0.2) is 11.6 Å². The molecule has 0 spiro atoms. The Balaban J connectivity index is 1.86. The minimum absolute atomic E-state index is 0.257. The molecule has 0 amide bonds. The summed E-state index contributed by atoms with van der Waals surface area (Å²) in [5.74, 6) is -0.307. The first-order chi connectivity index (χ1) is 12.1. The van der Waals surface area contributed by atoms with Crippen LogP contribution in [0.3, 0.4) is 0 Å². The molecule has 4 nitrogen and oxygen atoms in total. The maximum atomic E-state index is 13.4. The summed E-state index contributed by atoms with van der Waals surface area (Å²) in [5.41, 5.74) is 9.09. The molecule has 2 N–H and O–H groups in total. The molecule has 0 bridgehead atoms. The molecular weight excluding hydrogens is 317 g/mol. The van der Waals surface area contributed by atoms with Crippen LogP contribution in [0.15, 0.2) is 72.9 Å². The zero-order valence-corrected chi connectivity index (χ0v) is 13.2. The van der Waals surface area contributed by atoms with Gasteiger partial charge in [-0.25, -0.2) is 9.37 Å². The number of fused-ring (bicyclic) bond motifs is 1. The monoisotopic (exact) mass is 331 g/mol. The van der Waals surface area contributed by atoms with Crippen LogP contribution < -0.4 is 5.73 Å². The fraction of sp³-hybridized carbons (Fsp3) is 0. The molecule has 0 aliphatic heterocycles. The Morgan fingerprint density at radius 1 is 0.960 bits per heavy atom. The van der Waals surface area contributed by atoms with Gasteiger partial charge in [0, 0.05) is 22.9 Å². The quantitative estimate of drug-likeness (QED) is 0.578.